The summed E-state index contributed by atoms with van der Waals surface area (Å²) < 4.78 is 9.23. The number of nitrogens with zero attached hydrogens (tertiary/aromatic N) is 4. The third-order valence-electron chi connectivity index (χ3n) is 4.67. The molecule has 0 saturated carbocycles. The van der Waals surface area contributed by atoms with Crippen LogP contribution in [0, 0.1) is 0 Å². The van der Waals surface area contributed by atoms with E-state index in [1.807, 2.05) is 47.8 Å². The number of hydrogen-bond acceptors (Lipinski definition) is 6. The molecule has 4 aromatic rings. The van der Waals surface area contributed by atoms with Gasteiger partial charge in [0.05, 0.1) is 16.3 Å². The maximum absolute atomic E-state index is 12.9. The minimum absolute atomic E-state index is 0.213. The van der Waals surface area contributed by atoms with Crippen LogP contribution in [0.1, 0.15) is 16.2 Å². The van der Waals surface area contributed by atoms with Crippen molar-refractivity contribution in [3.05, 3.63) is 92.2 Å². The molecule has 0 unspecified atom stereocenters. The van der Waals surface area contributed by atoms with Crippen LogP contribution in [0.5, 0.6) is 0 Å². The first-order chi connectivity index (χ1) is 14.5. The smallest absolute Gasteiger partial charge is 0.357 e. The Balaban J connectivity index is 1.67. The molecule has 0 radical (unpaired) electrons. The second kappa shape index (κ2) is 7.96. The van der Waals surface area contributed by atoms with Gasteiger partial charge in [-0.15, -0.1) is 11.3 Å². The summed E-state index contributed by atoms with van der Waals surface area (Å²) in [6.07, 6.45) is 0. The number of benzene rings is 1. The molecule has 0 bridgehead atoms. The van der Waals surface area contributed by atoms with E-state index >= 15 is 0 Å². The number of esters is 1. The molecule has 152 valence electrons. The van der Waals surface area contributed by atoms with E-state index in [1.165, 1.54) is 40.7 Å². The predicted molar refractivity (Wildman–Crippen MR) is 113 cm³/mol. The van der Waals surface area contributed by atoms with Gasteiger partial charge in [-0.05, 0) is 23.6 Å². The number of carbonyl (C=O) groups is 1. The minimum Gasteiger partial charge on any atom is -0.455 e. The van der Waals surface area contributed by atoms with Crippen molar-refractivity contribution in [1.82, 2.24) is 18.9 Å². The lowest BCUT2D eigenvalue weighted by Gasteiger charge is -2.11. The van der Waals surface area contributed by atoms with Gasteiger partial charge in [-0.3, -0.25) is 13.9 Å². The van der Waals surface area contributed by atoms with Crippen molar-refractivity contribution in [2.75, 3.05) is 0 Å². The first-order valence-electron chi connectivity index (χ1n) is 9.08. The van der Waals surface area contributed by atoms with Gasteiger partial charge in [0, 0.05) is 26.2 Å². The van der Waals surface area contributed by atoms with Gasteiger partial charge in [0.1, 0.15) is 12.3 Å². The third kappa shape index (κ3) is 3.62. The predicted octanol–water partition coefficient (Wildman–Crippen LogP) is 2.36. The fourth-order valence-corrected chi connectivity index (χ4v) is 3.65. The molecule has 0 amide bonds. The molecule has 3 heterocycles. The van der Waals surface area contributed by atoms with Gasteiger partial charge < -0.3 is 4.74 Å². The van der Waals surface area contributed by atoms with E-state index in [4.69, 9.17) is 4.74 Å². The fourth-order valence-electron chi connectivity index (χ4n) is 2.97. The number of para-hydroxylation sites is 1. The summed E-state index contributed by atoms with van der Waals surface area (Å²) in [6.45, 7) is -0.213. The van der Waals surface area contributed by atoms with Gasteiger partial charge in [-0.2, -0.15) is 5.10 Å². The van der Waals surface area contributed by atoms with Crippen molar-refractivity contribution in [3.8, 4) is 16.3 Å². The van der Waals surface area contributed by atoms with Crippen molar-refractivity contribution < 1.29 is 9.53 Å². The van der Waals surface area contributed by atoms with E-state index in [0.717, 1.165) is 9.44 Å². The standard InChI is InChI=1S/C21H18N4O4S/c1-23-15(11-19(26)24(2)21(23)28)13-29-20(27)17-12-16(18-9-6-10-30-18)22-25(17)14-7-4-3-5-8-14/h3-12H,13H2,1-2H3. The lowest BCUT2D eigenvalue weighted by molar-refractivity contribution is 0.0452. The number of thiophene rings is 1. The average molecular weight is 422 g/mol. The van der Waals surface area contributed by atoms with E-state index in [2.05, 4.69) is 5.10 Å². The van der Waals surface area contributed by atoms with Crippen molar-refractivity contribution in [1.29, 1.82) is 0 Å². The Kier molecular flexibility index (Phi) is 5.20. The highest BCUT2D eigenvalue weighted by molar-refractivity contribution is 7.13. The van der Waals surface area contributed by atoms with E-state index < -0.39 is 17.2 Å². The molecule has 0 aliphatic rings. The van der Waals surface area contributed by atoms with E-state index in [9.17, 15) is 14.4 Å². The molecule has 0 atom stereocenters. The molecule has 0 N–H and O–H groups in total. The van der Waals surface area contributed by atoms with Crippen LogP contribution in [0.2, 0.25) is 0 Å². The van der Waals surface area contributed by atoms with Gasteiger partial charge >= 0.3 is 11.7 Å². The Morgan fingerprint density at radius 1 is 1.03 bits per heavy atom. The third-order valence-corrected chi connectivity index (χ3v) is 5.56. The molecule has 0 fully saturated rings. The van der Waals surface area contributed by atoms with Gasteiger partial charge in [-0.1, -0.05) is 24.3 Å². The van der Waals surface area contributed by atoms with Crippen LogP contribution in [0.3, 0.4) is 0 Å². The Hall–Kier alpha value is -3.72. The Morgan fingerprint density at radius 2 is 1.80 bits per heavy atom. The summed E-state index contributed by atoms with van der Waals surface area (Å²) in [4.78, 5) is 37.8. The van der Waals surface area contributed by atoms with Crippen LogP contribution in [0.4, 0.5) is 0 Å². The van der Waals surface area contributed by atoms with Crippen LogP contribution in [-0.4, -0.2) is 24.9 Å². The molecule has 8 nitrogen and oxygen atoms in total. The van der Waals surface area contributed by atoms with Crippen molar-refractivity contribution in [3.63, 3.8) is 0 Å². The van der Waals surface area contributed by atoms with Crippen molar-refractivity contribution in [2.45, 2.75) is 6.61 Å². The summed E-state index contributed by atoms with van der Waals surface area (Å²) in [5, 5.41) is 6.51. The number of carbonyl (C=O) groups excluding carboxylic acids is 1. The molecule has 0 spiro atoms. The normalized spacial score (nSPS) is 10.9. The zero-order valence-electron chi connectivity index (χ0n) is 16.3. The van der Waals surface area contributed by atoms with E-state index in [1.54, 1.807) is 6.07 Å². The van der Waals surface area contributed by atoms with Crippen molar-refractivity contribution >= 4 is 17.3 Å². The largest absolute Gasteiger partial charge is 0.455 e. The average Bonchev–Trinajstić information content (AvgIpc) is 3.44. The zero-order chi connectivity index (χ0) is 21.3. The van der Waals surface area contributed by atoms with Crippen LogP contribution in [0.15, 0.2) is 69.6 Å². The molecule has 30 heavy (non-hydrogen) atoms. The van der Waals surface area contributed by atoms with E-state index in [-0.39, 0.29) is 12.3 Å². The van der Waals surface area contributed by atoms with Gasteiger partial charge in [0.25, 0.3) is 5.56 Å². The van der Waals surface area contributed by atoms with Crippen LogP contribution < -0.4 is 11.2 Å². The first kappa shape index (κ1) is 19.6. The molecule has 0 aliphatic carbocycles. The second-order valence-electron chi connectivity index (χ2n) is 6.59. The number of rotatable bonds is 5. The molecule has 9 heteroatoms. The SMILES string of the molecule is Cn1c(COC(=O)c2cc(-c3cccs3)nn2-c2ccccc2)cc(=O)n(C)c1=O. The maximum Gasteiger partial charge on any atom is 0.357 e. The minimum atomic E-state index is -0.609. The fraction of sp³-hybridized carbons (Fsp3) is 0.143. The number of hydrogen-bond donors (Lipinski definition) is 0. The molecule has 3 aromatic heterocycles. The summed E-state index contributed by atoms with van der Waals surface area (Å²) >= 11 is 1.52. The second-order valence-corrected chi connectivity index (χ2v) is 7.54. The monoisotopic (exact) mass is 422 g/mol. The van der Waals surface area contributed by atoms with Crippen LogP contribution in [0.25, 0.3) is 16.3 Å². The van der Waals surface area contributed by atoms with Gasteiger partial charge in [-0.25, -0.2) is 14.3 Å². The maximum atomic E-state index is 12.9. The molecule has 1 aromatic carbocycles. The Morgan fingerprint density at radius 3 is 2.50 bits per heavy atom. The Bertz CT molecular complexity index is 1320. The lowest BCUT2D eigenvalue weighted by atomic mass is 10.3. The summed E-state index contributed by atoms with van der Waals surface area (Å²) in [5.74, 6) is -0.609. The zero-order valence-corrected chi connectivity index (χ0v) is 17.1. The van der Waals surface area contributed by atoms with Gasteiger partial charge in [0.2, 0.25) is 0 Å². The molecular weight excluding hydrogens is 404 g/mol. The summed E-state index contributed by atoms with van der Waals surface area (Å²) in [6, 6.07) is 16.0. The quantitative estimate of drug-likeness (QED) is 0.461. The summed E-state index contributed by atoms with van der Waals surface area (Å²) in [7, 11) is 2.92. The topological polar surface area (TPSA) is 88.1 Å². The van der Waals surface area contributed by atoms with Crippen LogP contribution >= 0.6 is 11.3 Å². The molecule has 0 aliphatic heterocycles. The first-order valence-corrected chi connectivity index (χ1v) is 9.96. The summed E-state index contributed by atoms with van der Waals surface area (Å²) in [5.41, 5.74) is 0.982. The molecule has 4 rings (SSSR count). The number of ether oxygens (including phenoxy) is 1. The van der Waals surface area contributed by atoms with E-state index in [0.29, 0.717) is 17.1 Å². The number of aromatic nitrogens is 4. The van der Waals surface area contributed by atoms with Crippen LogP contribution in [-0.2, 0) is 25.4 Å². The molecule has 0 saturated heterocycles. The molecular formula is C21H18N4O4S. The highest BCUT2D eigenvalue weighted by atomic mass is 32.1. The van der Waals surface area contributed by atoms with Gasteiger partial charge in [0.15, 0.2) is 5.69 Å². The van der Waals surface area contributed by atoms with Crippen molar-refractivity contribution in [2.24, 2.45) is 14.1 Å². The Labute approximate surface area is 175 Å². The highest BCUT2D eigenvalue weighted by Crippen LogP contribution is 2.26. The lowest BCUT2D eigenvalue weighted by Crippen LogP contribution is -2.38. The highest BCUT2D eigenvalue weighted by Gasteiger charge is 2.20.